The first-order chi connectivity index (χ1) is 12.4. The van der Waals surface area contributed by atoms with Gasteiger partial charge in [-0.3, -0.25) is 9.59 Å². The molecule has 0 radical (unpaired) electrons. The zero-order valence-corrected chi connectivity index (χ0v) is 15.3. The summed E-state index contributed by atoms with van der Waals surface area (Å²) in [6.07, 6.45) is 6.60. The zero-order valence-electron chi connectivity index (χ0n) is 15.3. The van der Waals surface area contributed by atoms with Crippen LogP contribution in [0.5, 0.6) is 0 Å². The van der Waals surface area contributed by atoms with E-state index in [1.165, 1.54) is 16.7 Å². The maximum atomic E-state index is 11.3. The summed E-state index contributed by atoms with van der Waals surface area (Å²) in [5.74, 6) is -0.651. The number of fused-ring (bicyclic) bond motifs is 4. The van der Waals surface area contributed by atoms with Crippen LogP contribution in [0.15, 0.2) is 23.8 Å². The Hall–Kier alpha value is -2.10. The van der Waals surface area contributed by atoms with Gasteiger partial charge in [-0.25, -0.2) is 0 Å². The third kappa shape index (κ3) is 2.76. The monoisotopic (exact) mass is 354 g/mol. The lowest BCUT2D eigenvalue weighted by Crippen LogP contribution is -2.35. The molecule has 4 heteroatoms. The van der Waals surface area contributed by atoms with Crippen molar-refractivity contribution in [1.82, 2.24) is 0 Å². The highest BCUT2D eigenvalue weighted by atomic mass is 16.4. The van der Waals surface area contributed by atoms with E-state index >= 15 is 0 Å². The minimum absolute atomic E-state index is 0.0801. The van der Waals surface area contributed by atoms with E-state index < -0.39 is 11.9 Å². The summed E-state index contributed by atoms with van der Waals surface area (Å²) < 4.78 is 0. The predicted octanol–water partition coefficient (Wildman–Crippen LogP) is 4.31. The number of carboxylic acids is 2. The number of carbonyl (C=O) groups is 2. The van der Waals surface area contributed by atoms with E-state index in [2.05, 4.69) is 19.1 Å². The predicted molar refractivity (Wildman–Crippen MR) is 98.8 cm³/mol. The molecule has 1 aromatic rings. The molecule has 3 atom stereocenters. The van der Waals surface area contributed by atoms with E-state index in [9.17, 15) is 14.7 Å². The molecule has 0 aromatic heterocycles. The summed E-state index contributed by atoms with van der Waals surface area (Å²) >= 11 is 0. The molecule has 0 heterocycles. The molecule has 0 saturated heterocycles. The van der Waals surface area contributed by atoms with Crippen molar-refractivity contribution in [2.75, 3.05) is 0 Å². The number of aliphatic carboxylic acids is 2. The van der Waals surface area contributed by atoms with Crippen molar-refractivity contribution in [2.24, 2.45) is 17.3 Å². The number of benzene rings is 1. The Morgan fingerprint density at radius 3 is 2.65 bits per heavy atom. The maximum Gasteiger partial charge on any atom is 0.307 e. The van der Waals surface area contributed by atoms with Gasteiger partial charge in [-0.05, 0) is 78.0 Å². The summed E-state index contributed by atoms with van der Waals surface area (Å²) in [6.45, 7) is 2.31. The molecule has 4 rings (SSSR count). The molecule has 0 amide bonds. The van der Waals surface area contributed by atoms with Crippen LogP contribution in [-0.4, -0.2) is 22.2 Å². The first-order valence-corrected chi connectivity index (χ1v) is 9.66. The Kier molecular flexibility index (Phi) is 4.17. The Bertz CT molecular complexity index is 806. The SMILES string of the molecule is C[C@]12CCC3=C(CCc4cc(CC(=O)O)ccc43)[C@@H]1CC[C@@H]2CC(=O)O. The van der Waals surface area contributed by atoms with Crippen LogP contribution in [0.1, 0.15) is 62.1 Å². The average Bonchev–Trinajstić information content (AvgIpc) is 2.90. The standard InChI is InChI=1S/C22H26O4/c1-22-9-8-17-16-5-2-13(11-20(23)24)10-14(16)3-6-18(17)19(22)7-4-15(22)12-21(25)26/h2,5,10,15,19H,3-4,6-9,11-12H2,1H3,(H,23,24)(H,25,26)/t15-,19+,22-/m1/s1. The van der Waals surface area contributed by atoms with Gasteiger partial charge < -0.3 is 10.2 Å². The van der Waals surface area contributed by atoms with Crippen molar-refractivity contribution >= 4 is 17.5 Å². The molecule has 1 fully saturated rings. The summed E-state index contributed by atoms with van der Waals surface area (Å²) in [4.78, 5) is 22.3. The third-order valence-corrected chi connectivity index (χ3v) is 7.19. The van der Waals surface area contributed by atoms with Crippen LogP contribution in [0.3, 0.4) is 0 Å². The lowest BCUT2D eigenvalue weighted by molar-refractivity contribution is -0.139. The second-order valence-corrected chi connectivity index (χ2v) is 8.50. The van der Waals surface area contributed by atoms with Crippen LogP contribution >= 0.6 is 0 Å². The molecule has 0 bridgehead atoms. The summed E-state index contributed by atoms with van der Waals surface area (Å²) in [7, 11) is 0. The van der Waals surface area contributed by atoms with Gasteiger partial charge in [0.2, 0.25) is 0 Å². The lowest BCUT2D eigenvalue weighted by Gasteiger charge is -2.44. The van der Waals surface area contributed by atoms with Gasteiger partial charge in [0.15, 0.2) is 0 Å². The largest absolute Gasteiger partial charge is 0.481 e. The van der Waals surface area contributed by atoms with Crippen LogP contribution in [0.4, 0.5) is 0 Å². The minimum atomic E-state index is -0.787. The van der Waals surface area contributed by atoms with Gasteiger partial charge >= 0.3 is 11.9 Å². The van der Waals surface area contributed by atoms with Crippen molar-refractivity contribution < 1.29 is 19.8 Å². The molecule has 0 unspecified atom stereocenters. The molecule has 138 valence electrons. The van der Waals surface area contributed by atoms with Crippen LogP contribution < -0.4 is 0 Å². The van der Waals surface area contributed by atoms with Crippen LogP contribution in [0.25, 0.3) is 5.57 Å². The molecule has 2 N–H and O–H groups in total. The fraction of sp³-hybridized carbons (Fsp3) is 0.545. The molecule has 4 nitrogen and oxygen atoms in total. The Morgan fingerprint density at radius 2 is 1.92 bits per heavy atom. The van der Waals surface area contributed by atoms with Gasteiger partial charge in [-0.2, -0.15) is 0 Å². The molecule has 3 aliphatic carbocycles. The van der Waals surface area contributed by atoms with E-state index in [1.807, 2.05) is 6.07 Å². The van der Waals surface area contributed by atoms with Crippen LogP contribution in [0.2, 0.25) is 0 Å². The summed E-state index contributed by atoms with van der Waals surface area (Å²) in [5, 5.41) is 18.3. The molecule has 0 spiro atoms. The fourth-order valence-corrected chi connectivity index (χ4v) is 5.91. The fourth-order valence-electron chi connectivity index (χ4n) is 5.91. The van der Waals surface area contributed by atoms with Gasteiger partial charge in [0, 0.05) is 6.42 Å². The number of rotatable bonds is 4. The number of allylic oxidation sites excluding steroid dienone is 2. The smallest absolute Gasteiger partial charge is 0.307 e. The van der Waals surface area contributed by atoms with E-state index in [0.29, 0.717) is 18.3 Å². The first kappa shape index (κ1) is 17.3. The second kappa shape index (κ2) is 6.26. The molecular weight excluding hydrogens is 328 g/mol. The number of hydrogen-bond acceptors (Lipinski definition) is 2. The van der Waals surface area contributed by atoms with Crippen molar-refractivity contribution in [2.45, 2.75) is 58.3 Å². The Labute approximate surface area is 153 Å². The van der Waals surface area contributed by atoms with Gasteiger partial charge in [-0.1, -0.05) is 30.7 Å². The van der Waals surface area contributed by atoms with Crippen molar-refractivity contribution in [3.05, 3.63) is 40.5 Å². The van der Waals surface area contributed by atoms with Crippen molar-refractivity contribution in [3.8, 4) is 0 Å². The molecule has 26 heavy (non-hydrogen) atoms. The molecule has 0 aliphatic heterocycles. The average molecular weight is 354 g/mol. The topological polar surface area (TPSA) is 74.6 Å². The van der Waals surface area contributed by atoms with E-state index in [4.69, 9.17) is 5.11 Å². The number of hydrogen-bond donors (Lipinski definition) is 2. The highest BCUT2D eigenvalue weighted by molar-refractivity contribution is 5.76. The Morgan fingerprint density at radius 1 is 1.12 bits per heavy atom. The second-order valence-electron chi connectivity index (χ2n) is 8.50. The zero-order chi connectivity index (χ0) is 18.5. The van der Waals surface area contributed by atoms with Gasteiger partial charge in [0.05, 0.1) is 6.42 Å². The quantitative estimate of drug-likeness (QED) is 0.845. The maximum absolute atomic E-state index is 11.3. The number of aryl methyl sites for hydroxylation is 1. The van der Waals surface area contributed by atoms with Crippen molar-refractivity contribution in [1.29, 1.82) is 0 Å². The van der Waals surface area contributed by atoms with E-state index in [0.717, 1.165) is 44.1 Å². The first-order valence-electron chi connectivity index (χ1n) is 9.66. The molecule has 1 aromatic carbocycles. The minimum Gasteiger partial charge on any atom is -0.481 e. The highest BCUT2D eigenvalue weighted by Crippen LogP contribution is 2.61. The molecule has 3 aliphatic rings. The van der Waals surface area contributed by atoms with Crippen LogP contribution in [0, 0.1) is 17.3 Å². The summed E-state index contributed by atoms with van der Waals surface area (Å²) in [5.41, 5.74) is 6.62. The van der Waals surface area contributed by atoms with E-state index in [-0.39, 0.29) is 11.8 Å². The highest BCUT2D eigenvalue weighted by Gasteiger charge is 2.51. The third-order valence-electron chi connectivity index (χ3n) is 7.19. The normalized spacial score (nSPS) is 29.7. The van der Waals surface area contributed by atoms with Crippen LogP contribution in [-0.2, 0) is 22.4 Å². The van der Waals surface area contributed by atoms with Crippen molar-refractivity contribution in [3.63, 3.8) is 0 Å². The van der Waals surface area contributed by atoms with Gasteiger partial charge in [0.25, 0.3) is 0 Å². The van der Waals surface area contributed by atoms with Gasteiger partial charge in [-0.15, -0.1) is 0 Å². The summed E-state index contributed by atoms with van der Waals surface area (Å²) in [6, 6.07) is 6.15. The lowest BCUT2D eigenvalue weighted by atomic mass is 9.60. The Balaban J connectivity index is 1.66. The molecule has 1 saturated carbocycles. The molecular formula is C22H26O4. The van der Waals surface area contributed by atoms with Gasteiger partial charge in [0.1, 0.15) is 0 Å². The number of carboxylic acid groups (broad SMARTS) is 2. The van der Waals surface area contributed by atoms with E-state index in [1.54, 1.807) is 5.57 Å².